The molecule has 1 fully saturated rings. The van der Waals surface area contributed by atoms with E-state index in [9.17, 15) is 9.59 Å². The number of piperazine rings is 1. The Bertz CT molecular complexity index is 881. The number of hydrogen-bond acceptors (Lipinski definition) is 5. The number of amides is 2. The standard InChI is InChI=1S/C24H31N3O4/c1-24(2,3)31-23(29)27-15-13-26(14-16-27)20-9-7-19(8-10-20)22(28)25-17-18-5-11-21(30-4)12-6-18/h5-12H,13-17H2,1-4H3,(H,25,28). The number of methoxy groups -OCH3 is 1. The van der Waals surface area contributed by atoms with Crippen LogP contribution in [0.15, 0.2) is 48.5 Å². The maximum Gasteiger partial charge on any atom is 0.410 e. The SMILES string of the molecule is COc1ccc(CNC(=O)c2ccc(N3CCN(C(=O)OC(C)(C)C)CC3)cc2)cc1. The largest absolute Gasteiger partial charge is 0.497 e. The number of anilines is 1. The van der Waals surface area contributed by atoms with Crippen molar-refractivity contribution in [3.8, 4) is 5.75 Å². The Morgan fingerprint density at radius 2 is 1.55 bits per heavy atom. The molecular weight excluding hydrogens is 394 g/mol. The predicted molar refractivity (Wildman–Crippen MR) is 121 cm³/mol. The number of carbonyl (C=O) groups is 2. The molecule has 31 heavy (non-hydrogen) atoms. The molecule has 7 nitrogen and oxygen atoms in total. The topological polar surface area (TPSA) is 71.1 Å². The number of rotatable bonds is 5. The molecule has 0 saturated carbocycles. The third-order valence-corrected chi connectivity index (χ3v) is 5.04. The molecule has 7 heteroatoms. The Kier molecular flexibility index (Phi) is 7.05. The second-order valence-corrected chi connectivity index (χ2v) is 8.53. The highest BCUT2D eigenvalue weighted by molar-refractivity contribution is 5.94. The van der Waals surface area contributed by atoms with Gasteiger partial charge in [0.25, 0.3) is 5.91 Å². The van der Waals surface area contributed by atoms with E-state index >= 15 is 0 Å². The molecule has 0 spiro atoms. The molecule has 2 amide bonds. The monoisotopic (exact) mass is 425 g/mol. The van der Waals surface area contributed by atoms with E-state index in [1.165, 1.54) is 0 Å². The van der Waals surface area contributed by atoms with Crippen LogP contribution in [0.4, 0.5) is 10.5 Å². The van der Waals surface area contributed by atoms with Crippen molar-refractivity contribution < 1.29 is 19.1 Å². The van der Waals surface area contributed by atoms with Gasteiger partial charge in [-0.15, -0.1) is 0 Å². The second kappa shape index (κ2) is 9.73. The van der Waals surface area contributed by atoms with E-state index in [1.807, 2.05) is 69.3 Å². The summed E-state index contributed by atoms with van der Waals surface area (Å²) in [4.78, 5) is 28.6. The fourth-order valence-electron chi connectivity index (χ4n) is 3.33. The van der Waals surface area contributed by atoms with E-state index < -0.39 is 5.60 Å². The van der Waals surface area contributed by atoms with Gasteiger partial charge in [0.1, 0.15) is 11.4 Å². The third kappa shape index (κ3) is 6.38. The first-order valence-electron chi connectivity index (χ1n) is 10.5. The lowest BCUT2D eigenvalue weighted by molar-refractivity contribution is 0.0240. The zero-order valence-corrected chi connectivity index (χ0v) is 18.7. The molecule has 1 heterocycles. The average Bonchev–Trinajstić information content (AvgIpc) is 2.77. The molecule has 0 unspecified atom stereocenters. The van der Waals surface area contributed by atoms with Crippen LogP contribution in [0, 0.1) is 0 Å². The van der Waals surface area contributed by atoms with Gasteiger partial charge in [0, 0.05) is 44.0 Å². The molecule has 1 aliphatic rings. The van der Waals surface area contributed by atoms with E-state index in [0.29, 0.717) is 25.2 Å². The van der Waals surface area contributed by atoms with Crippen LogP contribution in [0.5, 0.6) is 5.75 Å². The highest BCUT2D eigenvalue weighted by Crippen LogP contribution is 2.19. The van der Waals surface area contributed by atoms with Crippen LogP contribution in [0.1, 0.15) is 36.7 Å². The van der Waals surface area contributed by atoms with Crippen LogP contribution in [0.25, 0.3) is 0 Å². The molecule has 0 radical (unpaired) electrons. The van der Waals surface area contributed by atoms with Gasteiger partial charge in [0.15, 0.2) is 0 Å². The maximum absolute atomic E-state index is 12.5. The van der Waals surface area contributed by atoms with Crippen molar-refractivity contribution in [3.05, 3.63) is 59.7 Å². The lowest BCUT2D eigenvalue weighted by atomic mass is 10.1. The van der Waals surface area contributed by atoms with Crippen molar-refractivity contribution in [1.29, 1.82) is 0 Å². The lowest BCUT2D eigenvalue weighted by Gasteiger charge is -2.36. The molecule has 1 saturated heterocycles. The summed E-state index contributed by atoms with van der Waals surface area (Å²) in [5, 5.41) is 2.94. The Balaban J connectivity index is 1.49. The normalized spacial score (nSPS) is 14.2. The minimum absolute atomic E-state index is 0.114. The molecule has 166 valence electrons. The van der Waals surface area contributed by atoms with E-state index in [-0.39, 0.29) is 12.0 Å². The molecule has 3 rings (SSSR count). The quantitative estimate of drug-likeness (QED) is 0.791. The molecule has 0 aliphatic carbocycles. The summed E-state index contributed by atoms with van der Waals surface area (Å²) in [6.45, 7) is 8.74. The van der Waals surface area contributed by atoms with Crippen molar-refractivity contribution in [2.75, 3.05) is 38.2 Å². The van der Waals surface area contributed by atoms with Crippen LogP contribution >= 0.6 is 0 Å². The number of hydrogen-bond donors (Lipinski definition) is 1. The van der Waals surface area contributed by atoms with E-state index in [0.717, 1.165) is 30.1 Å². The van der Waals surface area contributed by atoms with Crippen LogP contribution < -0.4 is 15.0 Å². The van der Waals surface area contributed by atoms with Gasteiger partial charge in [0.2, 0.25) is 0 Å². The first kappa shape index (κ1) is 22.5. The van der Waals surface area contributed by atoms with Crippen molar-refractivity contribution in [1.82, 2.24) is 10.2 Å². The van der Waals surface area contributed by atoms with Crippen molar-refractivity contribution in [2.24, 2.45) is 0 Å². The first-order chi connectivity index (χ1) is 14.7. The molecule has 1 aliphatic heterocycles. The van der Waals surface area contributed by atoms with E-state index in [2.05, 4.69) is 10.2 Å². The summed E-state index contributed by atoms with van der Waals surface area (Å²) in [5.41, 5.74) is 2.17. The smallest absolute Gasteiger partial charge is 0.410 e. The summed E-state index contributed by atoms with van der Waals surface area (Å²) >= 11 is 0. The van der Waals surface area contributed by atoms with Crippen molar-refractivity contribution in [3.63, 3.8) is 0 Å². The molecule has 2 aromatic rings. The highest BCUT2D eigenvalue weighted by Gasteiger charge is 2.26. The van der Waals surface area contributed by atoms with Crippen LogP contribution in [-0.4, -0.2) is 55.8 Å². The van der Waals surface area contributed by atoms with Gasteiger partial charge >= 0.3 is 6.09 Å². The number of nitrogens with zero attached hydrogens (tertiary/aromatic N) is 2. The molecule has 2 aromatic carbocycles. The Labute approximate surface area is 183 Å². The van der Waals surface area contributed by atoms with Gasteiger partial charge in [-0.25, -0.2) is 4.79 Å². The third-order valence-electron chi connectivity index (χ3n) is 5.04. The zero-order valence-electron chi connectivity index (χ0n) is 18.7. The molecule has 1 N–H and O–H groups in total. The number of carbonyl (C=O) groups excluding carboxylic acids is 2. The molecular formula is C24H31N3O4. The summed E-state index contributed by atoms with van der Waals surface area (Å²) in [5.74, 6) is 0.676. The summed E-state index contributed by atoms with van der Waals surface area (Å²) < 4.78 is 10.6. The fraction of sp³-hybridized carbons (Fsp3) is 0.417. The van der Waals surface area contributed by atoms with Crippen molar-refractivity contribution >= 4 is 17.7 Å². The second-order valence-electron chi connectivity index (χ2n) is 8.53. The minimum atomic E-state index is -0.488. The van der Waals surface area contributed by atoms with Crippen LogP contribution in [0.3, 0.4) is 0 Å². The Morgan fingerprint density at radius 1 is 0.935 bits per heavy atom. The Hall–Kier alpha value is -3.22. The number of nitrogens with one attached hydrogen (secondary N) is 1. The lowest BCUT2D eigenvalue weighted by Crippen LogP contribution is -2.50. The molecule has 0 aromatic heterocycles. The average molecular weight is 426 g/mol. The summed E-state index contributed by atoms with van der Waals surface area (Å²) in [6, 6.07) is 15.2. The number of ether oxygens (including phenoxy) is 2. The van der Waals surface area contributed by atoms with Gasteiger partial charge < -0.3 is 24.6 Å². The van der Waals surface area contributed by atoms with Crippen molar-refractivity contribution in [2.45, 2.75) is 32.9 Å². The van der Waals surface area contributed by atoms with E-state index in [1.54, 1.807) is 12.0 Å². The van der Waals surface area contributed by atoms with Gasteiger partial charge in [0.05, 0.1) is 7.11 Å². The number of benzene rings is 2. The Morgan fingerprint density at radius 3 is 2.10 bits per heavy atom. The maximum atomic E-state index is 12.5. The van der Waals surface area contributed by atoms with Gasteiger partial charge in [-0.05, 0) is 62.7 Å². The van der Waals surface area contributed by atoms with Gasteiger partial charge in [-0.2, -0.15) is 0 Å². The fourth-order valence-corrected chi connectivity index (χ4v) is 3.33. The van der Waals surface area contributed by atoms with E-state index in [4.69, 9.17) is 9.47 Å². The van der Waals surface area contributed by atoms with Gasteiger partial charge in [-0.1, -0.05) is 12.1 Å². The van der Waals surface area contributed by atoms with Crippen LogP contribution in [-0.2, 0) is 11.3 Å². The predicted octanol–water partition coefficient (Wildman–Crippen LogP) is 3.68. The van der Waals surface area contributed by atoms with Crippen LogP contribution in [0.2, 0.25) is 0 Å². The zero-order chi connectivity index (χ0) is 22.4. The molecule has 0 atom stereocenters. The summed E-state index contributed by atoms with van der Waals surface area (Å²) in [6.07, 6.45) is -0.268. The highest BCUT2D eigenvalue weighted by atomic mass is 16.6. The minimum Gasteiger partial charge on any atom is -0.497 e. The molecule has 0 bridgehead atoms. The van der Waals surface area contributed by atoms with Gasteiger partial charge in [-0.3, -0.25) is 4.79 Å². The summed E-state index contributed by atoms with van der Waals surface area (Å²) in [7, 11) is 1.63. The first-order valence-corrected chi connectivity index (χ1v) is 10.5.